The van der Waals surface area contributed by atoms with Crippen molar-refractivity contribution in [2.45, 2.75) is 258 Å². The number of allylic oxidation sites excluding steroid dienone is 20. The Morgan fingerprint density at radius 2 is 0.592 bits per heavy atom. The van der Waals surface area contributed by atoms with E-state index in [1.54, 1.807) is 0 Å². The van der Waals surface area contributed by atoms with Crippen molar-refractivity contribution in [3.05, 3.63) is 122 Å². The van der Waals surface area contributed by atoms with Crippen molar-refractivity contribution in [2.24, 2.45) is 0 Å². The van der Waals surface area contributed by atoms with Gasteiger partial charge in [-0.25, -0.2) is 0 Å². The van der Waals surface area contributed by atoms with Crippen LogP contribution in [-0.2, 0) is 28.6 Å². The van der Waals surface area contributed by atoms with E-state index in [1.165, 1.54) is 116 Å². The Bertz CT molecular complexity index is 1500. The first kappa shape index (κ1) is 66.8. The quantitative estimate of drug-likeness (QED) is 0.0261. The lowest BCUT2D eigenvalue weighted by molar-refractivity contribution is -0.166. The first-order chi connectivity index (χ1) is 35.0. The van der Waals surface area contributed by atoms with Crippen molar-refractivity contribution < 1.29 is 28.6 Å². The number of carbonyl (C=O) groups excluding carboxylic acids is 3. The van der Waals surface area contributed by atoms with Gasteiger partial charge in [0, 0.05) is 19.3 Å². The van der Waals surface area contributed by atoms with Gasteiger partial charge in [0.1, 0.15) is 13.2 Å². The second-order valence-electron chi connectivity index (χ2n) is 18.8. The summed E-state index contributed by atoms with van der Waals surface area (Å²) in [6.07, 6.45) is 80.6. The van der Waals surface area contributed by atoms with E-state index < -0.39 is 6.10 Å². The molecule has 0 aromatic carbocycles. The summed E-state index contributed by atoms with van der Waals surface area (Å²) in [5.74, 6) is -1.07. The van der Waals surface area contributed by atoms with Crippen molar-refractivity contribution in [1.29, 1.82) is 0 Å². The van der Waals surface area contributed by atoms with Crippen LogP contribution in [-0.4, -0.2) is 37.2 Å². The van der Waals surface area contributed by atoms with Crippen LogP contribution in [0.25, 0.3) is 0 Å². The summed E-state index contributed by atoms with van der Waals surface area (Å²) in [4.78, 5) is 38.1. The summed E-state index contributed by atoms with van der Waals surface area (Å²) in [5.41, 5.74) is 0. The molecule has 6 nitrogen and oxygen atoms in total. The molecular formula is C65H106O6. The zero-order chi connectivity index (χ0) is 51.4. The third kappa shape index (κ3) is 56.6. The van der Waals surface area contributed by atoms with Gasteiger partial charge in [-0.2, -0.15) is 0 Å². The molecule has 0 amide bonds. The van der Waals surface area contributed by atoms with Crippen molar-refractivity contribution in [2.75, 3.05) is 13.2 Å². The van der Waals surface area contributed by atoms with E-state index in [0.717, 1.165) is 83.5 Å². The van der Waals surface area contributed by atoms with Gasteiger partial charge in [0.2, 0.25) is 0 Å². The summed E-state index contributed by atoms with van der Waals surface area (Å²) >= 11 is 0. The van der Waals surface area contributed by atoms with Gasteiger partial charge in [0.15, 0.2) is 6.10 Å². The number of hydrogen-bond acceptors (Lipinski definition) is 6. The fourth-order valence-corrected chi connectivity index (χ4v) is 7.64. The maximum Gasteiger partial charge on any atom is 0.306 e. The van der Waals surface area contributed by atoms with Crippen LogP contribution in [0, 0.1) is 0 Å². The minimum atomic E-state index is -0.839. The molecule has 0 aliphatic carbocycles. The standard InChI is InChI=1S/C65H106O6/c1-4-7-10-13-16-19-22-25-28-31-32-35-37-40-43-46-49-52-55-58-64(67)70-61-62(71-65(68)59-56-53-50-47-44-41-38-34-30-27-24-21-18-15-12-9-6-3)60-69-63(66)57-54-51-48-45-42-39-36-33-29-26-23-20-17-14-11-8-5-2/h7,10,16,18-19,21,25,27-28,30,32,35,38,40-41,43,47,49-50,52,62H,4-6,8-9,11-15,17,20,22-24,26,29,31,33-34,36-37,39,42,44-46,48,51,53-61H2,1-3H3/b10-7-,19-16-,21-18-,28-25-,30-27-,35-32-,41-38-,43-40-,50-47-,52-49-/t62-/m1/s1. The monoisotopic (exact) mass is 983 g/mol. The normalized spacial score (nSPS) is 13.0. The second-order valence-corrected chi connectivity index (χ2v) is 18.8. The van der Waals surface area contributed by atoms with Crippen molar-refractivity contribution in [1.82, 2.24) is 0 Å². The van der Waals surface area contributed by atoms with Crippen LogP contribution in [0.5, 0.6) is 0 Å². The predicted octanol–water partition coefficient (Wildman–Crippen LogP) is 19.6. The number of ether oxygens (including phenoxy) is 3. The second kappa shape index (κ2) is 58.4. The van der Waals surface area contributed by atoms with Gasteiger partial charge in [0.25, 0.3) is 0 Å². The molecule has 0 saturated heterocycles. The van der Waals surface area contributed by atoms with Crippen LogP contribution >= 0.6 is 0 Å². The van der Waals surface area contributed by atoms with Crippen molar-refractivity contribution >= 4 is 17.9 Å². The van der Waals surface area contributed by atoms with E-state index in [-0.39, 0.29) is 44.0 Å². The average molecular weight is 984 g/mol. The molecule has 0 radical (unpaired) electrons. The number of carbonyl (C=O) groups is 3. The first-order valence-corrected chi connectivity index (χ1v) is 29.0. The molecule has 0 bridgehead atoms. The Labute approximate surface area is 437 Å². The van der Waals surface area contributed by atoms with E-state index in [9.17, 15) is 14.4 Å². The Balaban J connectivity index is 4.58. The summed E-state index contributed by atoms with van der Waals surface area (Å²) in [7, 11) is 0. The fourth-order valence-electron chi connectivity index (χ4n) is 7.64. The zero-order valence-corrected chi connectivity index (χ0v) is 45.9. The van der Waals surface area contributed by atoms with Gasteiger partial charge in [-0.1, -0.05) is 258 Å². The highest BCUT2D eigenvalue weighted by atomic mass is 16.6. The Morgan fingerprint density at radius 3 is 0.986 bits per heavy atom. The molecule has 0 aromatic heterocycles. The predicted molar refractivity (Wildman–Crippen MR) is 306 cm³/mol. The molecule has 0 fully saturated rings. The average Bonchev–Trinajstić information content (AvgIpc) is 3.37. The van der Waals surface area contributed by atoms with Gasteiger partial charge in [-0.05, 0) is 96.3 Å². The van der Waals surface area contributed by atoms with Gasteiger partial charge in [-0.3, -0.25) is 14.4 Å². The minimum Gasteiger partial charge on any atom is -0.462 e. The molecular weight excluding hydrogens is 877 g/mol. The molecule has 402 valence electrons. The number of esters is 3. The molecule has 0 heterocycles. The highest BCUT2D eigenvalue weighted by molar-refractivity contribution is 5.71. The topological polar surface area (TPSA) is 78.9 Å². The lowest BCUT2D eigenvalue weighted by Crippen LogP contribution is -2.30. The zero-order valence-electron chi connectivity index (χ0n) is 45.9. The van der Waals surface area contributed by atoms with Crippen LogP contribution in [0.15, 0.2) is 122 Å². The van der Waals surface area contributed by atoms with E-state index in [4.69, 9.17) is 14.2 Å². The van der Waals surface area contributed by atoms with Crippen LogP contribution in [0.4, 0.5) is 0 Å². The molecule has 0 spiro atoms. The van der Waals surface area contributed by atoms with Crippen molar-refractivity contribution in [3.8, 4) is 0 Å². The lowest BCUT2D eigenvalue weighted by Gasteiger charge is -2.18. The van der Waals surface area contributed by atoms with Crippen LogP contribution < -0.4 is 0 Å². The fraction of sp³-hybridized carbons (Fsp3) is 0.646. The van der Waals surface area contributed by atoms with E-state index in [0.29, 0.717) is 19.3 Å². The van der Waals surface area contributed by atoms with Crippen LogP contribution in [0.3, 0.4) is 0 Å². The van der Waals surface area contributed by atoms with Gasteiger partial charge in [0.05, 0.1) is 0 Å². The summed E-state index contributed by atoms with van der Waals surface area (Å²) in [5, 5.41) is 0. The van der Waals surface area contributed by atoms with E-state index in [2.05, 4.69) is 130 Å². The highest BCUT2D eigenvalue weighted by Crippen LogP contribution is 2.15. The SMILES string of the molecule is CC/C=C\C/C=C\C/C=C\C/C=C\C/C=C\C/C=C\CCC(=O)OC[C@@H](COC(=O)CCCCCCCCCCCCCCCCCCC)OC(=O)CCC/C=C\C/C=C\C/C=C\C/C=C\CCCCC. The molecule has 1 atom stereocenters. The smallest absolute Gasteiger partial charge is 0.306 e. The molecule has 0 aliphatic heterocycles. The van der Waals surface area contributed by atoms with Gasteiger partial charge >= 0.3 is 17.9 Å². The van der Waals surface area contributed by atoms with E-state index in [1.807, 2.05) is 12.2 Å². The maximum atomic E-state index is 12.8. The van der Waals surface area contributed by atoms with Crippen molar-refractivity contribution in [3.63, 3.8) is 0 Å². The van der Waals surface area contributed by atoms with Gasteiger partial charge in [-0.15, -0.1) is 0 Å². The minimum absolute atomic E-state index is 0.124. The molecule has 6 heteroatoms. The third-order valence-corrected chi connectivity index (χ3v) is 12.0. The number of unbranched alkanes of at least 4 members (excludes halogenated alkanes) is 20. The third-order valence-electron chi connectivity index (χ3n) is 12.0. The maximum absolute atomic E-state index is 12.8. The Kier molecular flexibility index (Phi) is 54.9. The van der Waals surface area contributed by atoms with Crippen LogP contribution in [0.1, 0.15) is 252 Å². The molecule has 71 heavy (non-hydrogen) atoms. The van der Waals surface area contributed by atoms with Crippen LogP contribution in [0.2, 0.25) is 0 Å². The molecule has 0 rings (SSSR count). The summed E-state index contributed by atoms with van der Waals surface area (Å²) < 4.78 is 16.7. The highest BCUT2D eigenvalue weighted by Gasteiger charge is 2.19. The van der Waals surface area contributed by atoms with E-state index >= 15 is 0 Å². The molecule has 0 N–H and O–H groups in total. The number of hydrogen-bond donors (Lipinski definition) is 0. The largest absolute Gasteiger partial charge is 0.462 e. The molecule has 0 unspecified atom stereocenters. The first-order valence-electron chi connectivity index (χ1n) is 29.0. The summed E-state index contributed by atoms with van der Waals surface area (Å²) in [6.45, 7) is 6.39. The molecule has 0 saturated carbocycles. The molecule has 0 aliphatic rings. The number of rotatable bonds is 51. The van der Waals surface area contributed by atoms with Gasteiger partial charge < -0.3 is 14.2 Å². The molecule has 0 aromatic rings. The Morgan fingerprint density at radius 1 is 0.296 bits per heavy atom. The summed E-state index contributed by atoms with van der Waals surface area (Å²) in [6, 6.07) is 0. The lowest BCUT2D eigenvalue weighted by atomic mass is 10.0. The Hall–Kier alpha value is -4.19.